The van der Waals surface area contributed by atoms with Crippen LogP contribution in [0.4, 0.5) is 5.69 Å². The van der Waals surface area contributed by atoms with Crippen LogP contribution in [0.15, 0.2) is 98.2 Å². The topological polar surface area (TPSA) is 62.2 Å². The van der Waals surface area contributed by atoms with Crippen LogP contribution >= 0.6 is 23.4 Å². The molecule has 1 aromatic heterocycles. The van der Waals surface area contributed by atoms with Crippen LogP contribution in [0, 0.1) is 0 Å². The molecule has 0 aliphatic carbocycles. The van der Waals surface area contributed by atoms with Gasteiger partial charge in [-0.15, -0.1) is 11.8 Å². The predicted octanol–water partition coefficient (Wildman–Crippen LogP) is 5.26. The predicted molar refractivity (Wildman–Crippen MR) is 118 cm³/mol. The molecule has 0 bridgehead atoms. The number of H-pyrrole nitrogens is 1. The van der Waals surface area contributed by atoms with Gasteiger partial charge in [-0.1, -0.05) is 35.9 Å². The van der Waals surface area contributed by atoms with Crippen LogP contribution in [0.1, 0.15) is 22.8 Å². The van der Waals surface area contributed by atoms with E-state index in [-0.39, 0.29) is 5.25 Å². The number of rotatable bonds is 3. The Bertz CT molecular complexity index is 1290. The van der Waals surface area contributed by atoms with E-state index in [1.807, 2.05) is 72.4 Å². The number of hydrogen-bond donors (Lipinski definition) is 1. The summed E-state index contributed by atoms with van der Waals surface area (Å²) in [7, 11) is 0. The fourth-order valence-corrected chi connectivity index (χ4v) is 4.90. The van der Waals surface area contributed by atoms with Crippen LogP contribution < -0.4 is 10.3 Å². The van der Waals surface area contributed by atoms with Gasteiger partial charge in [-0.2, -0.15) is 0 Å². The molecule has 0 fully saturated rings. The van der Waals surface area contributed by atoms with Crippen LogP contribution in [0.3, 0.4) is 0 Å². The largest absolute Gasteiger partial charge is 0.427 e. The average molecular weight is 435 g/mol. The summed E-state index contributed by atoms with van der Waals surface area (Å²) < 4.78 is 6.28. The van der Waals surface area contributed by atoms with Gasteiger partial charge in [-0.25, -0.2) is 4.79 Å². The molecule has 5 rings (SSSR count). The van der Waals surface area contributed by atoms with Crippen molar-refractivity contribution in [1.29, 1.82) is 0 Å². The van der Waals surface area contributed by atoms with Gasteiger partial charge in [0.2, 0.25) is 5.69 Å². The zero-order valence-electron chi connectivity index (χ0n) is 15.8. The van der Waals surface area contributed by atoms with Gasteiger partial charge in [-0.3, -0.25) is 9.52 Å². The molecule has 30 heavy (non-hydrogen) atoms. The Morgan fingerprint density at radius 1 is 1.07 bits per heavy atom. The van der Waals surface area contributed by atoms with Crippen LogP contribution in [0.5, 0.6) is 0 Å². The van der Waals surface area contributed by atoms with Crippen LogP contribution in [-0.4, -0.2) is 11.0 Å². The van der Waals surface area contributed by atoms with E-state index in [2.05, 4.69) is 17.4 Å². The smallest absolute Gasteiger partial charge is 0.283 e. The van der Waals surface area contributed by atoms with Crippen molar-refractivity contribution in [2.45, 2.75) is 16.6 Å². The lowest BCUT2D eigenvalue weighted by Gasteiger charge is -2.16. The highest BCUT2D eigenvalue weighted by atomic mass is 35.5. The summed E-state index contributed by atoms with van der Waals surface area (Å²) in [6, 6.07) is 24.1. The number of benzene rings is 3. The van der Waals surface area contributed by atoms with E-state index in [9.17, 15) is 4.79 Å². The summed E-state index contributed by atoms with van der Waals surface area (Å²) in [5.74, 6) is 0. The van der Waals surface area contributed by atoms with Crippen LogP contribution in [0.25, 0.3) is 5.69 Å². The minimum absolute atomic E-state index is 0.199. The van der Waals surface area contributed by atoms with Crippen molar-refractivity contribution in [3.05, 3.63) is 106 Å². The van der Waals surface area contributed by atoms with E-state index in [0.717, 1.165) is 39.0 Å². The molecule has 1 unspecified atom stereocenters. The van der Waals surface area contributed by atoms with Gasteiger partial charge >= 0.3 is 5.63 Å². The maximum absolute atomic E-state index is 11.3. The summed E-state index contributed by atoms with van der Waals surface area (Å²) in [5, 5.41) is 3.50. The lowest BCUT2D eigenvalue weighted by Crippen LogP contribution is -2.32. The average Bonchev–Trinajstić information content (AvgIpc) is 3.10. The third kappa shape index (κ3) is 3.84. The number of para-hydroxylation sites is 1. The number of aromatic amines is 1. The summed E-state index contributed by atoms with van der Waals surface area (Å²) in [6.07, 6.45) is 2.13. The second-order valence-electron chi connectivity index (χ2n) is 6.95. The van der Waals surface area contributed by atoms with Gasteiger partial charge in [0.1, 0.15) is 0 Å². The van der Waals surface area contributed by atoms with Crippen molar-refractivity contribution >= 4 is 34.8 Å². The van der Waals surface area contributed by atoms with E-state index >= 15 is 0 Å². The monoisotopic (exact) mass is 434 g/mol. The van der Waals surface area contributed by atoms with Gasteiger partial charge in [-0.05, 0) is 57.5 Å². The highest BCUT2D eigenvalue weighted by molar-refractivity contribution is 7.99. The molecule has 5 nitrogen and oxygen atoms in total. The van der Waals surface area contributed by atoms with Crippen molar-refractivity contribution in [2.24, 2.45) is 4.99 Å². The van der Waals surface area contributed by atoms with E-state index in [0.29, 0.717) is 0 Å². The molecule has 148 valence electrons. The second-order valence-corrected chi connectivity index (χ2v) is 8.63. The highest BCUT2D eigenvalue weighted by Crippen LogP contribution is 2.45. The Hall–Kier alpha value is -3.09. The van der Waals surface area contributed by atoms with E-state index < -0.39 is 5.63 Å². The molecular weight excluding hydrogens is 418 g/mol. The van der Waals surface area contributed by atoms with Gasteiger partial charge < -0.3 is 0 Å². The lowest BCUT2D eigenvalue weighted by atomic mass is 10.0. The SMILES string of the molecule is O=c1c[n+](-c2ccc(C3=Nc4ccccc4SC(c4cccc(Cl)c4)C3)cc2)[nH]o1. The Morgan fingerprint density at radius 3 is 2.67 bits per heavy atom. The molecule has 1 aliphatic heterocycles. The first-order valence-corrected chi connectivity index (χ1v) is 10.7. The van der Waals surface area contributed by atoms with Gasteiger partial charge in [0, 0.05) is 39.4 Å². The Labute approximate surface area is 182 Å². The molecule has 3 aromatic carbocycles. The molecule has 1 atom stereocenters. The maximum atomic E-state index is 11.3. The standard InChI is InChI=1S/C23H16ClN3O2S/c24-17-5-3-4-16(12-17)22-13-20(25-19-6-1-2-7-21(19)30-22)15-8-10-18(11-9-15)27-14-23(28)29-26-27/h1-12,14,22H,13H2/p+1. The van der Waals surface area contributed by atoms with E-state index in [1.54, 1.807) is 4.68 Å². The Morgan fingerprint density at radius 2 is 1.90 bits per heavy atom. The minimum Gasteiger partial charge on any atom is -0.283 e. The number of aliphatic imine (C=N–C) groups is 1. The zero-order valence-corrected chi connectivity index (χ0v) is 17.4. The number of nitrogens with zero attached hydrogens (tertiary/aromatic N) is 2. The molecule has 1 N–H and O–H groups in total. The molecule has 0 saturated heterocycles. The van der Waals surface area contributed by atoms with Crippen LogP contribution in [0.2, 0.25) is 5.02 Å². The van der Waals surface area contributed by atoms with Crippen molar-refractivity contribution in [3.8, 4) is 5.69 Å². The Kier molecular flexibility index (Phi) is 5.02. The highest BCUT2D eigenvalue weighted by Gasteiger charge is 2.23. The molecule has 0 saturated carbocycles. The lowest BCUT2D eigenvalue weighted by molar-refractivity contribution is -0.670. The molecule has 2 heterocycles. The minimum atomic E-state index is -0.426. The molecule has 0 spiro atoms. The first kappa shape index (κ1) is 18.9. The third-order valence-corrected chi connectivity index (χ3v) is 6.50. The number of fused-ring (bicyclic) bond motifs is 1. The summed E-state index contributed by atoms with van der Waals surface area (Å²) >= 11 is 8.07. The van der Waals surface area contributed by atoms with Crippen LogP contribution in [-0.2, 0) is 0 Å². The number of nitrogens with one attached hydrogen (secondary N) is 1. The maximum Gasteiger partial charge on any atom is 0.427 e. The molecule has 1 aliphatic rings. The molecular formula is C23H17ClN3O2S+. The molecule has 0 radical (unpaired) electrons. The van der Waals surface area contributed by atoms with E-state index in [1.165, 1.54) is 11.8 Å². The third-order valence-electron chi connectivity index (χ3n) is 4.95. The van der Waals surface area contributed by atoms with Crippen molar-refractivity contribution in [3.63, 3.8) is 0 Å². The quantitative estimate of drug-likeness (QED) is 0.447. The summed E-state index contributed by atoms with van der Waals surface area (Å²) in [6.45, 7) is 0. The fourth-order valence-electron chi connectivity index (χ4n) is 3.48. The van der Waals surface area contributed by atoms with Gasteiger partial charge in [0.15, 0.2) is 0 Å². The molecule has 4 aromatic rings. The zero-order chi connectivity index (χ0) is 20.5. The number of hydrogen-bond acceptors (Lipinski definition) is 4. The first-order valence-electron chi connectivity index (χ1n) is 9.45. The van der Waals surface area contributed by atoms with Gasteiger partial charge in [0.25, 0.3) is 6.20 Å². The van der Waals surface area contributed by atoms with Crippen molar-refractivity contribution < 1.29 is 9.20 Å². The summed E-state index contributed by atoms with van der Waals surface area (Å²) in [4.78, 5) is 17.4. The second kappa shape index (κ2) is 7.97. The number of halogens is 1. The fraction of sp³-hybridized carbons (Fsp3) is 0.0870. The van der Waals surface area contributed by atoms with Gasteiger partial charge in [0.05, 0.1) is 5.69 Å². The number of aromatic nitrogens is 2. The van der Waals surface area contributed by atoms with E-state index in [4.69, 9.17) is 21.1 Å². The Balaban J connectivity index is 1.54. The number of thioether (sulfide) groups is 1. The molecule has 0 amide bonds. The molecule has 7 heteroatoms. The van der Waals surface area contributed by atoms with Crippen molar-refractivity contribution in [2.75, 3.05) is 0 Å². The summed E-state index contributed by atoms with van der Waals surface area (Å²) in [5.41, 5.74) is 4.58. The first-order chi connectivity index (χ1) is 14.7. The normalized spacial score (nSPS) is 15.9. The van der Waals surface area contributed by atoms with Crippen molar-refractivity contribution in [1.82, 2.24) is 5.27 Å².